The molecule has 1 aromatic carbocycles. The van der Waals surface area contributed by atoms with E-state index in [1.807, 2.05) is 46.8 Å². The summed E-state index contributed by atoms with van der Waals surface area (Å²) in [7, 11) is 1.89. The van der Waals surface area contributed by atoms with Crippen LogP contribution in [0.15, 0.2) is 42.6 Å². The molecule has 0 N–H and O–H groups in total. The Morgan fingerprint density at radius 3 is 2.39 bits per heavy atom. The van der Waals surface area contributed by atoms with Gasteiger partial charge in [0.15, 0.2) is 10.6 Å². The zero-order chi connectivity index (χ0) is 22.2. The fraction of sp³-hybridized carbons (Fsp3) is 0.350. The number of pyridine rings is 1. The zero-order valence-corrected chi connectivity index (χ0v) is 18.3. The van der Waals surface area contributed by atoms with E-state index < -0.39 is 11.7 Å². The Morgan fingerprint density at radius 2 is 1.77 bits per heavy atom. The van der Waals surface area contributed by atoms with E-state index >= 15 is 0 Å². The number of hydrogen-bond donors (Lipinski definition) is 0. The van der Waals surface area contributed by atoms with Crippen LogP contribution in [0.3, 0.4) is 0 Å². The fourth-order valence-electron chi connectivity index (χ4n) is 3.53. The molecule has 1 fully saturated rings. The minimum absolute atomic E-state index is 0.00252. The summed E-state index contributed by atoms with van der Waals surface area (Å²) >= 11 is 11.6. The molecular formula is C20H20ClF3N6S. The summed E-state index contributed by atoms with van der Waals surface area (Å²) in [5, 5.41) is 4.68. The van der Waals surface area contributed by atoms with Crippen molar-refractivity contribution in [3.8, 4) is 11.4 Å². The van der Waals surface area contributed by atoms with Crippen molar-refractivity contribution in [2.75, 3.05) is 31.1 Å². The minimum atomic E-state index is -4.46. The van der Waals surface area contributed by atoms with Gasteiger partial charge in [-0.05, 0) is 18.3 Å². The number of halogens is 4. The van der Waals surface area contributed by atoms with Crippen LogP contribution in [0.2, 0.25) is 5.02 Å². The first-order valence-corrected chi connectivity index (χ1v) is 10.4. The molecular weight excluding hydrogens is 449 g/mol. The molecule has 0 unspecified atom stereocenters. The zero-order valence-electron chi connectivity index (χ0n) is 16.7. The van der Waals surface area contributed by atoms with Crippen molar-refractivity contribution in [1.29, 1.82) is 0 Å². The third-order valence-electron chi connectivity index (χ3n) is 5.23. The summed E-state index contributed by atoms with van der Waals surface area (Å²) in [6.45, 7) is 3.06. The highest BCUT2D eigenvalue weighted by atomic mass is 35.5. The molecule has 31 heavy (non-hydrogen) atoms. The first kappa shape index (κ1) is 21.8. The second-order valence-corrected chi connectivity index (χ2v) is 8.08. The van der Waals surface area contributed by atoms with Gasteiger partial charge in [0.05, 0.1) is 17.3 Å². The number of nitrogens with zero attached hydrogens (tertiary/aromatic N) is 6. The molecule has 1 aliphatic heterocycles. The lowest BCUT2D eigenvalue weighted by atomic mass is 10.2. The predicted molar refractivity (Wildman–Crippen MR) is 116 cm³/mol. The topological polar surface area (TPSA) is 42.1 Å². The molecule has 0 aliphatic carbocycles. The molecule has 3 heterocycles. The summed E-state index contributed by atoms with van der Waals surface area (Å²) in [4.78, 5) is 8.04. The van der Waals surface area contributed by atoms with Gasteiger partial charge in [0.25, 0.3) is 0 Å². The van der Waals surface area contributed by atoms with Crippen molar-refractivity contribution < 1.29 is 13.2 Å². The van der Waals surface area contributed by atoms with Gasteiger partial charge < -0.3 is 9.47 Å². The Labute approximate surface area is 187 Å². The van der Waals surface area contributed by atoms with Crippen molar-refractivity contribution >= 4 is 29.6 Å². The first-order chi connectivity index (χ1) is 14.7. The standard InChI is InChI=1S/C20H20ClF3N6S/c1-27-17(14-5-3-2-4-6-14)26-30(19(27)31)13-28-7-9-29(10-8-28)18-16(21)11-15(12-25-18)20(22,23)24/h2-6,11-12H,7-10,13H2,1H3. The first-order valence-electron chi connectivity index (χ1n) is 9.63. The van der Waals surface area contributed by atoms with Crippen LogP contribution in [0.5, 0.6) is 0 Å². The van der Waals surface area contributed by atoms with Gasteiger partial charge in [0.2, 0.25) is 0 Å². The lowest BCUT2D eigenvalue weighted by molar-refractivity contribution is -0.137. The lowest BCUT2D eigenvalue weighted by Gasteiger charge is -2.35. The molecule has 0 atom stereocenters. The molecule has 0 spiro atoms. The minimum Gasteiger partial charge on any atom is -0.353 e. The third-order valence-corrected chi connectivity index (χ3v) is 5.99. The molecule has 3 aromatic rings. The van der Waals surface area contributed by atoms with E-state index in [1.54, 1.807) is 4.68 Å². The normalized spacial score (nSPS) is 15.5. The second kappa shape index (κ2) is 8.60. The molecule has 0 saturated carbocycles. The molecule has 0 bridgehead atoms. The molecule has 0 radical (unpaired) electrons. The number of rotatable bonds is 4. The Balaban J connectivity index is 1.43. The van der Waals surface area contributed by atoms with Gasteiger partial charge >= 0.3 is 6.18 Å². The number of benzene rings is 1. The smallest absolute Gasteiger partial charge is 0.353 e. The van der Waals surface area contributed by atoms with Crippen LogP contribution in [-0.2, 0) is 19.9 Å². The van der Waals surface area contributed by atoms with E-state index in [0.717, 1.165) is 23.7 Å². The average Bonchev–Trinajstić information content (AvgIpc) is 3.03. The van der Waals surface area contributed by atoms with Crippen molar-refractivity contribution in [3.05, 3.63) is 58.0 Å². The van der Waals surface area contributed by atoms with E-state index in [2.05, 4.69) is 15.0 Å². The predicted octanol–water partition coefficient (Wildman–Crippen LogP) is 4.46. The third kappa shape index (κ3) is 4.60. The van der Waals surface area contributed by atoms with Crippen molar-refractivity contribution in [2.45, 2.75) is 12.8 Å². The lowest BCUT2D eigenvalue weighted by Crippen LogP contribution is -2.47. The van der Waals surface area contributed by atoms with E-state index in [1.165, 1.54) is 0 Å². The Kier molecular flexibility index (Phi) is 6.05. The molecule has 1 saturated heterocycles. The Bertz CT molecular complexity index is 1120. The van der Waals surface area contributed by atoms with Crippen molar-refractivity contribution in [2.24, 2.45) is 7.05 Å². The maximum Gasteiger partial charge on any atom is 0.417 e. The number of alkyl halides is 3. The van der Waals surface area contributed by atoms with E-state index in [4.69, 9.17) is 23.8 Å². The Hall–Kier alpha value is -2.43. The van der Waals surface area contributed by atoms with Crippen LogP contribution < -0.4 is 4.90 Å². The highest BCUT2D eigenvalue weighted by Gasteiger charge is 2.32. The molecule has 164 valence electrons. The van der Waals surface area contributed by atoms with Gasteiger partial charge in [-0.25, -0.2) is 9.67 Å². The maximum atomic E-state index is 12.8. The van der Waals surface area contributed by atoms with Crippen LogP contribution in [0.4, 0.5) is 19.0 Å². The quantitative estimate of drug-likeness (QED) is 0.529. The average molecular weight is 469 g/mol. The largest absolute Gasteiger partial charge is 0.417 e. The number of hydrogen-bond acceptors (Lipinski definition) is 5. The molecule has 0 amide bonds. The molecule has 1 aliphatic rings. The van der Waals surface area contributed by atoms with Gasteiger partial charge in [-0.1, -0.05) is 41.9 Å². The van der Waals surface area contributed by atoms with Gasteiger partial charge in [-0.15, -0.1) is 0 Å². The van der Waals surface area contributed by atoms with Crippen LogP contribution in [-0.4, -0.2) is 50.4 Å². The SMILES string of the molecule is Cn1c(-c2ccccc2)nn(CN2CCN(c3ncc(C(F)(F)F)cc3Cl)CC2)c1=S. The summed E-state index contributed by atoms with van der Waals surface area (Å²) in [6.07, 6.45) is -3.64. The van der Waals surface area contributed by atoms with E-state index in [0.29, 0.717) is 43.4 Å². The highest BCUT2D eigenvalue weighted by molar-refractivity contribution is 7.71. The van der Waals surface area contributed by atoms with Gasteiger partial charge in [0.1, 0.15) is 5.82 Å². The van der Waals surface area contributed by atoms with Gasteiger partial charge in [-0.3, -0.25) is 4.90 Å². The van der Waals surface area contributed by atoms with Crippen LogP contribution in [0.1, 0.15) is 5.56 Å². The van der Waals surface area contributed by atoms with Crippen molar-refractivity contribution in [1.82, 2.24) is 24.2 Å². The van der Waals surface area contributed by atoms with Gasteiger partial charge in [-0.2, -0.15) is 18.3 Å². The summed E-state index contributed by atoms with van der Waals surface area (Å²) in [6, 6.07) is 10.8. The highest BCUT2D eigenvalue weighted by Crippen LogP contribution is 2.33. The van der Waals surface area contributed by atoms with Crippen molar-refractivity contribution in [3.63, 3.8) is 0 Å². The molecule has 6 nitrogen and oxygen atoms in total. The van der Waals surface area contributed by atoms with Crippen LogP contribution >= 0.6 is 23.8 Å². The molecule has 11 heteroatoms. The maximum absolute atomic E-state index is 12.8. The summed E-state index contributed by atoms with van der Waals surface area (Å²) in [5.41, 5.74) is 0.140. The summed E-state index contributed by atoms with van der Waals surface area (Å²) in [5.74, 6) is 1.17. The molecule has 4 rings (SSSR count). The van der Waals surface area contributed by atoms with Crippen LogP contribution in [0, 0.1) is 4.77 Å². The van der Waals surface area contributed by atoms with E-state index in [9.17, 15) is 13.2 Å². The van der Waals surface area contributed by atoms with Crippen LogP contribution in [0.25, 0.3) is 11.4 Å². The summed E-state index contributed by atoms with van der Waals surface area (Å²) < 4.78 is 42.8. The number of aromatic nitrogens is 4. The fourth-order valence-corrected chi connectivity index (χ4v) is 4.00. The Morgan fingerprint density at radius 1 is 1.10 bits per heavy atom. The number of piperazine rings is 1. The molecule has 2 aromatic heterocycles. The van der Waals surface area contributed by atoms with E-state index in [-0.39, 0.29) is 5.02 Å². The van der Waals surface area contributed by atoms with Gasteiger partial charge in [0, 0.05) is 45.0 Å². The number of anilines is 1. The second-order valence-electron chi connectivity index (χ2n) is 7.30. The monoisotopic (exact) mass is 468 g/mol.